The van der Waals surface area contributed by atoms with Crippen molar-refractivity contribution in [2.45, 2.75) is 25.0 Å². The molecule has 2 saturated heterocycles. The Hall–Kier alpha value is -2.28. The summed E-state index contributed by atoms with van der Waals surface area (Å²) in [5.41, 5.74) is 8.43. The minimum atomic E-state index is -0.315. The van der Waals surface area contributed by atoms with E-state index in [1.54, 1.807) is 11.0 Å². The van der Waals surface area contributed by atoms with Crippen LogP contribution in [0.4, 0.5) is 0 Å². The van der Waals surface area contributed by atoms with Gasteiger partial charge in [0, 0.05) is 18.0 Å². The number of phenolic OH excluding ortho intramolecular Hbond substituents is 1. The second kappa shape index (κ2) is 7.03. The standard InChI is InChI=1S/C20H22ClN3O3/c1-3-27-15-10-12(6-9-14(15)25)19-16-17(11-4-7-13(21)8-5-11)22-23-18(16)20(26)24(19)2/h4-10,16-19,22-23,25H,3H2,1-2H3. The maximum Gasteiger partial charge on any atom is 0.241 e. The minimum Gasteiger partial charge on any atom is -0.504 e. The average molecular weight is 388 g/mol. The molecule has 3 N–H and O–H groups in total. The number of phenols is 1. The van der Waals surface area contributed by atoms with Gasteiger partial charge in [0.25, 0.3) is 0 Å². The first-order valence-corrected chi connectivity index (χ1v) is 9.38. The second-order valence-corrected chi connectivity index (χ2v) is 7.36. The number of hydrogen-bond acceptors (Lipinski definition) is 5. The van der Waals surface area contributed by atoms with E-state index < -0.39 is 0 Å². The maximum atomic E-state index is 12.8. The summed E-state index contributed by atoms with van der Waals surface area (Å²) in [7, 11) is 1.82. The van der Waals surface area contributed by atoms with Gasteiger partial charge in [-0.2, -0.15) is 0 Å². The Bertz CT molecular complexity index is 858. The van der Waals surface area contributed by atoms with E-state index in [0.717, 1.165) is 11.1 Å². The number of nitrogens with one attached hydrogen (secondary N) is 2. The first-order chi connectivity index (χ1) is 13.0. The van der Waals surface area contributed by atoms with Crippen LogP contribution < -0.4 is 15.6 Å². The molecule has 2 aromatic rings. The zero-order chi connectivity index (χ0) is 19.1. The van der Waals surface area contributed by atoms with Gasteiger partial charge in [-0.15, -0.1) is 0 Å². The molecule has 0 aliphatic carbocycles. The lowest BCUT2D eigenvalue weighted by molar-refractivity contribution is -0.129. The third kappa shape index (κ3) is 3.04. The van der Waals surface area contributed by atoms with Gasteiger partial charge in [0.05, 0.1) is 18.7 Å². The summed E-state index contributed by atoms with van der Waals surface area (Å²) in [4.78, 5) is 14.6. The van der Waals surface area contributed by atoms with Crippen LogP contribution in [-0.2, 0) is 4.79 Å². The van der Waals surface area contributed by atoms with Crippen molar-refractivity contribution in [1.29, 1.82) is 0 Å². The summed E-state index contributed by atoms with van der Waals surface area (Å²) in [6, 6.07) is 12.5. The van der Waals surface area contributed by atoms with Gasteiger partial charge in [-0.1, -0.05) is 29.8 Å². The highest BCUT2D eigenvalue weighted by molar-refractivity contribution is 6.30. The fraction of sp³-hybridized carbons (Fsp3) is 0.350. The number of fused-ring (bicyclic) bond motifs is 1. The average Bonchev–Trinajstić information content (AvgIpc) is 3.18. The summed E-state index contributed by atoms with van der Waals surface area (Å²) >= 11 is 6.03. The first-order valence-electron chi connectivity index (χ1n) is 9.00. The molecule has 2 heterocycles. The summed E-state index contributed by atoms with van der Waals surface area (Å²) in [5, 5.41) is 10.7. The Labute approximate surface area is 163 Å². The molecule has 6 nitrogen and oxygen atoms in total. The number of ether oxygens (including phenoxy) is 1. The number of carbonyl (C=O) groups excluding carboxylic acids is 1. The van der Waals surface area contributed by atoms with Crippen molar-refractivity contribution in [1.82, 2.24) is 15.8 Å². The Kier molecular flexibility index (Phi) is 4.72. The van der Waals surface area contributed by atoms with Gasteiger partial charge < -0.3 is 14.7 Å². The molecule has 0 radical (unpaired) electrons. The summed E-state index contributed by atoms with van der Waals surface area (Å²) < 4.78 is 5.54. The smallest absolute Gasteiger partial charge is 0.241 e. The van der Waals surface area contributed by atoms with E-state index in [1.165, 1.54) is 0 Å². The molecule has 0 aromatic heterocycles. The molecule has 1 amide bonds. The largest absolute Gasteiger partial charge is 0.504 e. The van der Waals surface area contributed by atoms with Crippen LogP contribution in [0.3, 0.4) is 0 Å². The van der Waals surface area contributed by atoms with Gasteiger partial charge in [-0.3, -0.25) is 4.79 Å². The molecule has 7 heteroatoms. The van der Waals surface area contributed by atoms with Crippen LogP contribution in [0.25, 0.3) is 0 Å². The van der Waals surface area contributed by atoms with Gasteiger partial charge in [-0.05, 0) is 42.3 Å². The van der Waals surface area contributed by atoms with E-state index in [2.05, 4.69) is 10.9 Å². The molecular weight excluding hydrogens is 366 g/mol. The fourth-order valence-corrected chi connectivity index (χ4v) is 4.30. The topological polar surface area (TPSA) is 73.8 Å². The van der Waals surface area contributed by atoms with Gasteiger partial charge in [-0.25, -0.2) is 10.9 Å². The van der Waals surface area contributed by atoms with Crippen molar-refractivity contribution in [2.24, 2.45) is 5.92 Å². The van der Waals surface area contributed by atoms with E-state index in [9.17, 15) is 9.90 Å². The van der Waals surface area contributed by atoms with E-state index >= 15 is 0 Å². The monoisotopic (exact) mass is 387 g/mol. The van der Waals surface area contributed by atoms with E-state index in [4.69, 9.17) is 16.3 Å². The number of rotatable bonds is 4. The number of hydrazine groups is 1. The number of aromatic hydroxyl groups is 1. The quantitative estimate of drug-likeness (QED) is 0.752. The van der Waals surface area contributed by atoms with Crippen molar-refractivity contribution in [2.75, 3.05) is 13.7 Å². The van der Waals surface area contributed by atoms with Gasteiger partial charge in [0.15, 0.2) is 11.5 Å². The molecule has 142 valence electrons. The maximum absolute atomic E-state index is 12.8. The van der Waals surface area contributed by atoms with Gasteiger partial charge in [0.2, 0.25) is 5.91 Å². The molecule has 2 aliphatic heterocycles. The Balaban J connectivity index is 1.73. The Morgan fingerprint density at radius 2 is 1.78 bits per heavy atom. The summed E-state index contributed by atoms with van der Waals surface area (Å²) in [6.45, 7) is 2.33. The number of hydrogen-bond donors (Lipinski definition) is 3. The fourth-order valence-electron chi connectivity index (χ4n) is 4.18. The summed E-state index contributed by atoms with van der Waals surface area (Å²) in [5.74, 6) is 0.560. The van der Waals surface area contributed by atoms with Crippen molar-refractivity contribution >= 4 is 17.5 Å². The van der Waals surface area contributed by atoms with E-state index in [0.29, 0.717) is 17.4 Å². The van der Waals surface area contributed by atoms with Crippen LogP contribution >= 0.6 is 11.6 Å². The number of nitrogens with zero attached hydrogens (tertiary/aromatic N) is 1. The minimum absolute atomic E-state index is 0.0114. The number of likely N-dealkylation sites (tertiary alicyclic amines) is 1. The predicted molar refractivity (Wildman–Crippen MR) is 103 cm³/mol. The third-order valence-corrected chi connectivity index (χ3v) is 5.67. The number of halogens is 1. The van der Waals surface area contributed by atoms with Crippen LogP contribution in [0.5, 0.6) is 11.5 Å². The van der Waals surface area contributed by atoms with Crippen LogP contribution in [0.1, 0.15) is 30.1 Å². The number of carbonyl (C=O) groups is 1. The molecule has 2 aromatic carbocycles. The molecule has 4 rings (SSSR count). The van der Waals surface area contributed by atoms with Crippen molar-refractivity contribution in [3.05, 3.63) is 58.6 Å². The van der Waals surface area contributed by atoms with Crippen molar-refractivity contribution in [3.8, 4) is 11.5 Å². The Morgan fingerprint density at radius 3 is 2.48 bits per heavy atom. The highest BCUT2D eigenvalue weighted by Crippen LogP contribution is 2.47. The first kappa shape index (κ1) is 18.1. The predicted octanol–water partition coefficient (Wildman–Crippen LogP) is 2.79. The molecular formula is C20H22ClN3O3. The van der Waals surface area contributed by atoms with Crippen LogP contribution in [-0.4, -0.2) is 35.6 Å². The number of amides is 1. The van der Waals surface area contributed by atoms with Crippen molar-refractivity contribution in [3.63, 3.8) is 0 Å². The van der Waals surface area contributed by atoms with Gasteiger partial charge in [0.1, 0.15) is 6.04 Å². The molecule has 4 atom stereocenters. The molecule has 2 aliphatic rings. The molecule has 0 bridgehead atoms. The molecule has 27 heavy (non-hydrogen) atoms. The highest BCUT2D eigenvalue weighted by Gasteiger charge is 2.54. The zero-order valence-electron chi connectivity index (χ0n) is 15.1. The van der Waals surface area contributed by atoms with Gasteiger partial charge >= 0.3 is 0 Å². The normalized spacial score (nSPS) is 27.1. The second-order valence-electron chi connectivity index (χ2n) is 6.93. The third-order valence-electron chi connectivity index (χ3n) is 5.41. The van der Waals surface area contributed by atoms with Crippen LogP contribution in [0.2, 0.25) is 5.02 Å². The lowest BCUT2D eigenvalue weighted by Crippen LogP contribution is -2.39. The summed E-state index contributed by atoms with van der Waals surface area (Å²) in [6.07, 6.45) is 0. The Morgan fingerprint density at radius 1 is 1.11 bits per heavy atom. The van der Waals surface area contributed by atoms with Crippen LogP contribution in [0, 0.1) is 5.92 Å². The molecule has 0 saturated carbocycles. The van der Waals surface area contributed by atoms with Crippen LogP contribution in [0.15, 0.2) is 42.5 Å². The van der Waals surface area contributed by atoms with E-state index in [-0.39, 0.29) is 35.7 Å². The lowest BCUT2D eigenvalue weighted by atomic mass is 9.83. The van der Waals surface area contributed by atoms with E-state index in [1.807, 2.05) is 50.4 Å². The zero-order valence-corrected chi connectivity index (χ0v) is 15.9. The molecule has 0 spiro atoms. The number of benzene rings is 2. The molecule has 4 unspecified atom stereocenters. The highest BCUT2D eigenvalue weighted by atomic mass is 35.5. The number of likely N-dealkylation sites (N-methyl/N-ethyl adjacent to an activating group) is 1. The molecule has 2 fully saturated rings. The van der Waals surface area contributed by atoms with Crippen molar-refractivity contribution < 1.29 is 14.6 Å². The lowest BCUT2D eigenvalue weighted by Gasteiger charge is -2.29. The SMILES string of the molecule is CCOc1cc(C2C3C(NNC3c3ccc(Cl)cc3)C(=O)N2C)ccc1O.